The molecule has 6 nitrogen and oxygen atoms in total. The summed E-state index contributed by atoms with van der Waals surface area (Å²) in [6, 6.07) is 4.74. The van der Waals surface area contributed by atoms with Gasteiger partial charge in [0.2, 0.25) is 5.91 Å². The summed E-state index contributed by atoms with van der Waals surface area (Å²) in [5.74, 6) is 0.0267. The van der Waals surface area contributed by atoms with Crippen LogP contribution in [0, 0.1) is 0 Å². The molecule has 1 aliphatic heterocycles. The van der Waals surface area contributed by atoms with Gasteiger partial charge in [0.1, 0.15) is 11.8 Å². The Kier molecular flexibility index (Phi) is 4.32. The molecular formula is C17H20N2O4. The van der Waals surface area contributed by atoms with Gasteiger partial charge in [-0.3, -0.25) is 14.4 Å². The third-order valence-electron chi connectivity index (χ3n) is 4.51. The van der Waals surface area contributed by atoms with Crippen molar-refractivity contribution < 1.29 is 19.1 Å². The summed E-state index contributed by atoms with van der Waals surface area (Å²) < 4.78 is 5.55. The molecule has 1 aromatic carbocycles. The Morgan fingerprint density at radius 1 is 1.26 bits per heavy atom. The number of aryl methyl sites for hydroxylation is 1. The first-order chi connectivity index (χ1) is 11.1. The van der Waals surface area contributed by atoms with Crippen LogP contribution in [0.2, 0.25) is 0 Å². The fourth-order valence-electron chi connectivity index (χ4n) is 3.28. The number of piperidine rings is 1. The van der Waals surface area contributed by atoms with Crippen LogP contribution in [0.25, 0.3) is 0 Å². The quantitative estimate of drug-likeness (QED) is 0.899. The molecule has 1 saturated heterocycles. The van der Waals surface area contributed by atoms with Gasteiger partial charge in [-0.1, -0.05) is 0 Å². The Hall–Kier alpha value is -2.37. The van der Waals surface area contributed by atoms with E-state index >= 15 is 0 Å². The highest BCUT2D eigenvalue weighted by Crippen LogP contribution is 2.26. The summed E-state index contributed by atoms with van der Waals surface area (Å²) in [6.45, 7) is 0.408. The number of benzene rings is 1. The van der Waals surface area contributed by atoms with E-state index in [0.29, 0.717) is 25.1 Å². The fourth-order valence-corrected chi connectivity index (χ4v) is 3.28. The van der Waals surface area contributed by atoms with Crippen LogP contribution in [0.3, 0.4) is 0 Å². The monoisotopic (exact) mass is 316 g/mol. The second-order valence-corrected chi connectivity index (χ2v) is 6.03. The minimum Gasteiger partial charge on any atom is -0.484 e. The molecule has 23 heavy (non-hydrogen) atoms. The van der Waals surface area contributed by atoms with Crippen LogP contribution in [-0.4, -0.2) is 41.7 Å². The summed E-state index contributed by atoms with van der Waals surface area (Å²) in [6.07, 6.45) is 3.64. The van der Waals surface area contributed by atoms with Gasteiger partial charge in [0, 0.05) is 18.5 Å². The molecule has 122 valence electrons. The van der Waals surface area contributed by atoms with Crippen LogP contribution in [0.5, 0.6) is 5.75 Å². The van der Waals surface area contributed by atoms with E-state index in [0.717, 1.165) is 30.4 Å². The third kappa shape index (κ3) is 3.21. The van der Waals surface area contributed by atoms with E-state index in [2.05, 4.69) is 0 Å². The lowest BCUT2D eigenvalue weighted by molar-refractivity contribution is -0.142. The highest BCUT2D eigenvalue weighted by molar-refractivity contribution is 6.00. The van der Waals surface area contributed by atoms with Gasteiger partial charge < -0.3 is 15.4 Å². The van der Waals surface area contributed by atoms with E-state index < -0.39 is 11.9 Å². The highest BCUT2D eigenvalue weighted by atomic mass is 16.5. The van der Waals surface area contributed by atoms with Crippen molar-refractivity contribution in [3.05, 3.63) is 29.3 Å². The Morgan fingerprint density at radius 2 is 2.09 bits per heavy atom. The van der Waals surface area contributed by atoms with Crippen molar-refractivity contribution in [3.8, 4) is 5.75 Å². The van der Waals surface area contributed by atoms with Gasteiger partial charge in [-0.2, -0.15) is 0 Å². The molecule has 0 bridgehead atoms. The van der Waals surface area contributed by atoms with E-state index in [1.54, 1.807) is 12.1 Å². The van der Waals surface area contributed by atoms with Gasteiger partial charge in [0.25, 0.3) is 5.91 Å². The fraction of sp³-hybridized carbons (Fsp3) is 0.471. The van der Waals surface area contributed by atoms with Gasteiger partial charge in [0.15, 0.2) is 12.4 Å². The standard InChI is InChI=1S/C17H20N2O4/c18-17(22)14-3-1-2-8-19(14)16(21)10-23-12-5-6-13-11(9-12)4-7-15(13)20/h5-6,9,14H,1-4,7-8,10H2,(H2,18,22). The number of nitrogens with zero attached hydrogens (tertiary/aromatic N) is 1. The second-order valence-electron chi connectivity index (χ2n) is 6.03. The van der Waals surface area contributed by atoms with Crippen molar-refractivity contribution in [1.82, 2.24) is 4.90 Å². The number of primary amides is 1. The number of fused-ring (bicyclic) bond motifs is 1. The minimum atomic E-state index is -0.530. The average molecular weight is 316 g/mol. The predicted molar refractivity (Wildman–Crippen MR) is 83.1 cm³/mol. The Morgan fingerprint density at radius 3 is 2.87 bits per heavy atom. The topological polar surface area (TPSA) is 89.7 Å². The molecule has 6 heteroatoms. The van der Waals surface area contributed by atoms with Crippen molar-refractivity contribution in [2.75, 3.05) is 13.2 Å². The maximum Gasteiger partial charge on any atom is 0.261 e. The summed E-state index contributed by atoms with van der Waals surface area (Å²) in [7, 11) is 0. The molecule has 3 rings (SSSR count). The van der Waals surface area contributed by atoms with Crippen LogP contribution in [0.15, 0.2) is 18.2 Å². The number of carbonyl (C=O) groups excluding carboxylic acids is 3. The second kappa shape index (κ2) is 6.40. The van der Waals surface area contributed by atoms with Crippen LogP contribution >= 0.6 is 0 Å². The van der Waals surface area contributed by atoms with Crippen LogP contribution in [0.4, 0.5) is 0 Å². The Balaban J connectivity index is 1.62. The molecule has 0 spiro atoms. The first kappa shape index (κ1) is 15.5. The van der Waals surface area contributed by atoms with Crippen molar-refractivity contribution >= 4 is 17.6 Å². The van der Waals surface area contributed by atoms with Crippen molar-refractivity contribution in [3.63, 3.8) is 0 Å². The number of hydrogen-bond donors (Lipinski definition) is 1. The molecule has 1 aromatic rings. The molecule has 1 aliphatic carbocycles. The van der Waals surface area contributed by atoms with Crippen LogP contribution in [-0.2, 0) is 16.0 Å². The number of ketones is 1. The molecule has 2 N–H and O–H groups in total. The minimum absolute atomic E-state index is 0.128. The van der Waals surface area contributed by atoms with E-state index in [4.69, 9.17) is 10.5 Å². The van der Waals surface area contributed by atoms with E-state index in [9.17, 15) is 14.4 Å². The van der Waals surface area contributed by atoms with E-state index in [-0.39, 0.29) is 18.3 Å². The number of amides is 2. The number of likely N-dealkylation sites (tertiary alicyclic amines) is 1. The van der Waals surface area contributed by atoms with Crippen LogP contribution < -0.4 is 10.5 Å². The molecule has 1 fully saturated rings. The lowest BCUT2D eigenvalue weighted by Crippen LogP contribution is -2.51. The van der Waals surface area contributed by atoms with E-state index in [1.807, 2.05) is 6.07 Å². The van der Waals surface area contributed by atoms with E-state index in [1.165, 1.54) is 4.90 Å². The first-order valence-electron chi connectivity index (χ1n) is 7.94. The molecule has 0 radical (unpaired) electrons. The highest BCUT2D eigenvalue weighted by Gasteiger charge is 2.30. The van der Waals surface area contributed by atoms with Crippen LogP contribution in [0.1, 0.15) is 41.6 Å². The Labute approximate surface area is 134 Å². The molecule has 0 saturated carbocycles. The van der Waals surface area contributed by atoms with Crippen molar-refractivity contribution in [2.24, 2.45) is 5.73 Å². The first-order valence-corrected chi connectivity index (χ1v) is 7.94. The lowest BCUT2D eigenvalue weighted by atomic mass is 10.0. The number of Topliss-reactive ketones (excluding diaryl/α,β-unsaturated/α-hetero) is 1. The number of ether oxygens (including phenoxy) is 1. The maximum absolute atomic E-state index is 12.3. The predicted octanol–water partition coefficient (Wildman–Crippen LogP) is 1.06. The molecule has 1 atom stereocenters. The molecule has 2 aliphatic rings. The molecule has 2 amide bonds. The van der Waals surface area contributed by atoms with Crippen molar-refractivity contribution in [2.45, 2.75) is 38.1 Å². The summed E-state index contributed by atoms with van der Waals surface area (Å²) >= 11 is 0. The number of nitrogens with two attached hydrogens (primary N) is 1. The van der Waals surface area contributed by atoms with Crippen molar-refractivity contribution in [1.29, 1.82) is 0 Å². The normalized spacial score (nSPS) is 20.3. The molecular weight excluding hydrogens is 296 g/mol. The summed E-state index contributed by atoms with van der Waals surface area (Å²) in [5.41, 5.74) is 7.08. The Bertz CT molecular complexity index is 656. The van der Waals surface area contributed by atoms with Gasteiger partial charge in [-0.25, -0.2) is 0 Å². The molecule has 0 aromatic heterocycles. The van der Waals surface area contributed by atoms with Gasteiger partial charge in [-0.05, 0) is 49.4 Å². The number of rotatable bonds is 4. The lowest BCUT2D eigenvalue weighted by Gasteiger charge is -2.33. The summed E-state index contributed by atoms with van der Waals surface area (Å²) in [5, 5.41) is 0. The third-order valence-corrected chi connectivity index (χ3v) is 4.51. The molecule has 1 heterocycles. The van der Waals surface area contributed by atoms with Gasteiger partial charge >= 0.3 is 0 Å². The zero-order valence-corrected chi connectivity index (χ0v) is 12.9. The zero-order valence-electron chi connectivity index (χ0n) is 12.9. The summed E-state index contributed by atoms with van der Waals surface area (Å²) in [4.78, 5) is 36.9. The zero-order chi connectivity index (χ0) is 16.4. The largest absolute Gasteiger partial charge is 0.484 e. The van der Waals surface area contributed by atoms with Gasteiger partial charge in [0.05, 0.1) is 0 Å². The SMILES string of the molecule is NC(=O)C1CCCCN1C(=O)COc1ccc2c(c1)CCC2=O. The smallest absolute Gasteiger partial charge is 0.261 e. The number of carbonyl (C=O) groups is 3. The average Bonchev–Trinajstić information content (AvgIpc) is 2.93. The molecule has 1 unspecified atom stereocenters. The maximum atomic E-state index is 12.3. The number of hydrogen-bond acceptors (Lipinski definition) is 4. The van der Waals surface area contributed by atoms with Gasteiger partial charge in [-0.15, -0.1) is 0 Å².